The second kappa shape index (κ2) is 8.30. The van der Waals surface area contributed by atoms with E-state index in [1.54, 1.807) is 6.08 Å². The summed E-state index contributed by atoms with van der Waals surface area (Å²) in [5, 5.41) is 0. The molecule has 0 saturated carbocycles. The molecule has 0 spiro atoms. The zero-order valence-corrected chi connectivity index (χ0v) is 9.96. The smallest absolute Gasteiger partial charge is 0.109 e. The van der Waals surface area contributed by atoms with E-state index >= 15 is 0 Å². The number of benzene rings is 1. The maximum Gasteiger partial charge on any atom is 0.109 e. The molecule has 0 saturated heterocycles. The number of allylic oxidation sites excluding steroid dienone is 2. The van der Waals surface area contributed by atoms with Crippen LogP contribution in [0, 0.1) is 0 Å². The molecule has 64 valence electrons. The van der Waals surface area contributed by atoms with Crippen LogP contribution < -0.4 is 0 Å². The largest absolute Gasteiger partial charge is 0.181 e. The molecule has 0 unspecified atom stereocenters. The highest BCUT2D eigenvalue weighted by Gasteiger charge is 1.78. The summed E-state index contributed by atoms with van der Waals surface area (Å²) in [6.07, 6.45) is 5.72. The van der Waals surface area contributed by atoms with Crippen LogP contribution in [0.1, 0.15) is 5.56 Å². The number of hydrogen-bond acceptors (Lipinski definition) is 0. The molecule has 0 radical (unpaired) electrons. The molecule has 0 aliphatic carbocycles. The molecule has 12 heavy (non-hydrogen) atoms. The van der Waals surface area contributed by atoms with Crippen molar-refractivity contribution in [2.24, 2.45) is 0 Å². The summed E-state index contributed by atoms with van der Waals surface area (Å²) < 4.78 is 0. The summed E-state index contributed by atoms with van der Waals surface area (Å²) in [5.41, 5.74) is 1.21. The standard InChI is InChI=1S/C10H10.ClH3Si/c1-2-3-7-10-8-5-4-6-9-10;1-2/h2-9H,1H2;2H3. The fourth-order valence-electron chi connectivity index (χ4n) is 0.743. The Morgan fingerprint density at radius 2 is 1.75 bits per heavy atom. The first-order valence-electron chi connectivity index (χ1n) is 3.65. The molecule has 1 aromatic carbocycles. The van der Waals surface area contributed by atoms with Crippen LogP contribution in [0.2, 0.25) is 0 Å². The van der Waals surface area contributed by atoms with Crippen LogP contribution in [-0.2, 0) is 0 Å². The molecule has 0 amide bonds. The first-order chi connectivity index (χ1) is 5.93. The molecular formula is C10H13ClSi. The molecule has 0 N–H and O–H groups in total. The molecule has 0 heterocycles. The lowest BCUT2D eigenvalue weighted by Crippen LogP contribution is -1.65. The zero-order valence-electron chi connectivity index (χ0n) is 7.20. The van der Waals surface area contributed by atoms with E-state index in [0.29, 0.717) is 0 Å². The summed E-state index contributed by atoms with van der Waals surface area (Å²) in [4.78, 5) is 0. The molecule has 0 nitrogen and oxygen atoms in total. The van der Waals surface area contributed by atoms with E-state index in [2.05, 4.69) is 18.7 Å². The molecule has 1 rings (SSSR count). The van der Waals surface area contributed by atoms with Crippen molar-refractivity contribution in [3.8, 4) is 0 Å². The van der Waals surface area contributed by atoms with Crippen molar-refractivity contribution < 1.29 is 0 Å². The van der Waals surface area contributed by atoms with Gasteiger partial charge in [-0.15, -0.1) is 0 Å². The third-order valence-electron chi connectivity index (χ3n) is 1.22. The van der Waals surface area contributed by atoms with Crippen molar-refractivity contribution in [1.82, 2.24) is 0 Å². The second-order valence-corrected chi connectivity index (χ2v) is 2.01. The highest BCUT2D eigenvalue weighted by molar-refractivity contribution is 6.80. The van der Waals surface area contributed by atoms with Crippen LogP contribution >= 0.6 is 11.1 Å². The fourth-order valence-corrected chi connectivity index (χ4v) is 0.743. The van der Waals surface area contributed by atoms with Gasteiger partial charge >= 0.3 is 0 Å². The summed E-state index contributed by atoms with van der Waals surface area (Å²) in [6.45, 7) is 3.59. The Morgan fingerprint density at radius 3 is 2.25 bits per heavy atom. The van der Waals surface area contributed by atoms with Crippen LogP contribution in [0.5, 0.6) is 0 Å². The SMILES string of the molecule is C=CC=Cc1ccccc1.[SiH3]Cl. The maximum atomic E-state index is 4.78. The van der Waals surface area contributed by atoms with Crippen molar-refractivity contribution >= 4 is 26.7 Å². The molecule has 2 heteroatoms. The van der Waals surface area contributed by atoms with Gasteiger partial charge < -0.3 is 0 Å². The zero-order chi connectivity index (χ0) is 9.23. The van der Waals surface area contributed by atoms with E-state index in [9.17, 15) is 0 Å². The fraction of sp³-hybridized carbons (Fsp3) is 0. The van der Waals surface area contributed by atoms with Crippen molar-refractivity contribution in [1.29, 1.82) is 0 Å². The van der Waals surface area contributed by atoms with Gasteiger partial charge in [-0.1, -0.05) is 55.1 Å². The van der Waals surface area contributed by atoms with Gasteiger partial charge in [0.1, 0.15) is 9.55 Å². The summed E-state index contributed by atoms with van der Waals surface area (Å²) in [5.74, 6) is 0. The molecule has 1 aromatic rings. The predicted molar refractivity (Wildman–Crippen MR) is 61.5 cm³/mol. The van der Waals surface area contributed by atoms with Crippen LogP contribution in [0.4, 0.5) is 0 Å². The van der Waals surface area contributed by atoms with Gasteiger partial charge in [-0.25, -0.2) is 0 Å². The van der Waals surface area contributed by atoms with Gasteiger partial charge in [0, 0.05) is 0 Å². The topological polar surface area (TPSA) is 0 Å². The average molecular weight is 197 g/mol. The van der Waals surface area contributed by atoms with Gasteiger partial charge in [0.2, 0.25) is 0 Å². The van der Waals surface area contributed by atoms with E-state index in [0.717, 1.165) is 9.55 Å². The number of hydrogen-bond donors (Lipinski definition) is 0. The second-order valence-electron chi connectivity index (χ2n) is 2.01. The van der Waals surface area contributed by atoms with Gasteiger partial charge in [0.15, 0.2) is 0 Å². The average Bonchev–Trinajstić information content (AvgIpc) is 2.19. The Bertz CT molecular complexity index is 229. The lowest BCUT2D eigenvalue weighted by atomic mass is 10.2. The Balaban J connectivity index is 0.000000561. The quantitative estimate of drug-likeness (QED) is 0.387. The Labute approximate surface area is 81.7 Å². The molecule has 0 bridgehead atoms. The number of rotatable bonds is 2. The molecule has 0 aliphatic rings. The van der Waals surface area contributed by atoms with E-state index in [1.807, 2.05) is 30.4 Å². The van der Waals surface area contributed by atoms with Crippen LogP contribution in [0.25, 0.3) is 6.08 Å². The lowest BCUT2D eigenvalue weighted by molar-refractivity contribution is 1.66. The van der Waals surface area contributed by atoms with E-state index < -0.39 is 0 Å². The summed E-state index contributed by atoms with van der Waals surface area (Å²) >= 11 is 4.78. The molecular weight excluding hydrogens is 184 g/mol. The normalized spacial score (nSPS) is 9.08. The Morgan fingerprint density at radius 1 is 1.17 bits per heavy atom. The van der Waals surface area contributed by atoms with E-state index in [4.69, 9.17) is 11.1 Å². The van der Waals surface area contributed by atoms with Crippen LogP contribution in [0.3, 0.4) is 0 Å². The van der Waals surface area contributed by atoms with Crippen LogP contribution in [-0.4, -0.2) is 9.55 Å². The molecule has 0 atom stereocenters. The van der Waals surface area contributed by atoms with Gasteiger partial charge in [-0.05, 0) is 5.56 Å². The third kappa shape index (κ3) is 4.94. The highest BCUT2D eigenvalue weighted by Crippen LogP contribution is 1.99. The predicted octanol–water partition coefficient (Wildman–Crippen LogP) is 2.39. The first kappa shape index (κ1) is 11.2. The Kier molecular flexibility index (Phi) is 7.76. The minimum Gasteiger partial charge on any atom is -0.181 e. The first-order valence-corrected chi connectivity index (χ1v) is 6.68. The van der Waals surface area contributed by atoms with Crippen molar-refractivity contribution in [2.75, 3.05) is 0 Å². The summed E-state index contributed by atoms with van der Waals surface area (Å²) in [7, 11) is 0.778. The van der Waals surface area contributed by atoms with Gasteiger partial charge in [-0.2, -0.15) is 11.1 Å². The Hall–Kier alpha value is -0.793. The van der Waals surface area contributed by atoms with Crippen LogP contribution in [0.15, 0.2) is 49.1 Å². The van der Waals surface area contributed by atoms with Crippen molar-refractivity contribution in [3.63, 3.8) is 0 Å². The minimum absolute atomic E-state index is 0.778. The van der Waals surface area contributed by atoms with E-state index in [1.165, 1.54) is 5.56 Å². The van der Waals surface area contributed by atoms with Gasteiger partial charge in [-0.3, -0.25) is 0 Å². The summed E-state index contributed by atoms with van der Waals surface area (Å²) in [6, 6.07) is 10.1. The monoisotopic (exact) mass is 196 g/mol. The molecule has 0 aromatic heterocycles. The third-order valence-corrected chi connectivity index (χ3v) is 1.22. The van der Waals surface area contributed by atoms with Gasteiger partial charge in [0.25, 0.3) is 0 Å². The lowest BCUT2D eigenvalue weighted by Gasteiger charge is -1.87. The van der Waals surface area contributed by atoms with E-state index in [-0.39, 0.29) is 0 Å². The van der Waals surface area contributed by atoms with Crippen molar-refractivity contribution in [3.05, 3.63) is 54.6 Å². The highest BCUT2D eigenvalue weighted by atomic mass is 35.6. The maximum absolute atomic E-state index is 4.78. The minimum atomic E-state index is 0.778. The van der Waals surface area contributed by atoms with Crippen molar-refractivity contribution in [2.45, 2.75) is 0 Å². The molecule has 0 fully saturated rings. The van der Waals surface area contributed by atoms with Gasteiger partial charge in [0.05, 0.1) is 0 Å². The molecule has 0 aliphatic heterocycles. The number of halogens is 1.